The van der Waals surface area contributed by atoms with Gasteiger partial charge in [-0.15, -0.1) is 0 Å². The molecule has 2 fully saturated rings. The largest absolute Gasteiger partial charge is 0.478 e. The van der Waals surface area contributed by atoms with Crippen LogP contribution in [0.1, 0.15) is 139 Å². The Morgan fingerprint density at radius 2 is 0.872 bits per heavy atom. The van der Waals surface area contributed by atoms with Crippen molar-refractivity contribution in [1.29, 1.82) is 0 Å². The van der Waals surface area contributed by atoms with Crippen LogP contribution in [0.15, 0.2) is 107 Å². The summed E-state index contributed by atoms with van der Waals surface area (Å²) in [6.07, 6.45) is 15.6. The molecule has 0 radical (unpaired) electrons. The van der Waals surface area contributed by atoms with Gasteiger partial charge in [-0.1, -0.05) is 98.3 Å². The summed E-state index contributed by atoms with van der Waals surface area (Å²) in [4.78, 5) is 82.9. The first-order valence-corrected chi connectivity index (χ1v) is 30.3. The van der Waals surface area contributed by atoms with Crippen LogP contribution in [0, 0.1) is 11.8 Å². The van der Waals surface area contributed by atoms with Crippen molar-refractivity contribution in [2.75, 3.05) is 26.7 Å². The molecule has 2 aliphatic carbocycles. The highest BCUT2D eigenvalue weighted by Gasteiger charge is 2.30. The number of methoxy groups -OCH3 is 2. The van der Waals surface area contributed by atoms with E-state index in [4.69, 9.17) is 18.9 Å². The molecule has 2 atom stereocenters. The number of hydrogen-bond acceptors (Lipinski definition) is 18. The van der Waals surface area contributed by atoms with Crippen LogP contribution in [0.25, 0.3) is 0 Å². The number of aromatic carboxylic acids is 2. The number of benzene rings is 4. The van der Waals surface area contributed by atoms with Gasteiger partial charge in [-0.25, -0.2) is 46.0 Å². The van der Waals surface area contributed by atoms with E-state index in [0.29, 0.717) is 39.8 Å². The number of hydrogen-bond donors (Lipinski definition) is 2. The maximum Gasteiger partial charge on any atom is 0.338 e. The van der Waals surface area contributed by atoms with Gasteiger partial charge >= 0.3 is 23.9 Å². The number of sulfone groups is 2. The van der Waals surface area contributed by atoms with Crippen molar-refractivity contribution in [3.63, 3.8) is 0 Å². The van der Waals surface area contributed by atoms with Crippen LogP contribution in [0.2, 0.25) is 0 Å². The lowest BCUT2D eigenvalue weighted by molar-refractivity contribution is -0.121. The predicted molar refractivity (Wildman–Crippen MR) is 289 cm³/mol. The quantitative estimate of drug-likeness (QED) is 0.0598. The summed E-state index contributed by atoms with van der Waals surface area (Å²) < 4.78 is 68.6. The van der Waals surface area contributed by atoms with Gasteiger partial charge in [0.2, 0.25) is 10.1 Å². The molecule has 0 unspecified atom stereocenters. The average molecular weight is 1140 g/mol. The molecular formula is C56H58N2O16S4. The van der Waals surface area contributed by atoms with Gasteiger partial charge in [0.05, 0.1) is 71.5 Å². The third-order valence-electron chi connectivity index (χ3n) is 13.6. The van der Waals surface area contributed by atoms with Crippen LogP contribution in [0.5, 0.6) is 21.6 Å². The molecule has 0 spiro atoms. The van der Waals surface area contributed by atoms with Crippen molar-refractivity contribution in [2.45, 2.75) is 98.7 Å². The van der Waals surface area contributed by atoms with Gasteiger partial charge < -0.3 is 29.2 Å². The third kappa shape index (κ3) is 16.0. The monoisotopic (exact) mass is 1140 g/mol. The van der Waals surface area contributed by atoms with E-state index in [-0.39, 0.29) is 78.9 Å². The summed E-state index contributed by atoms with van der Waals surface area (Å²) in [7, 11) is -4.21. The number of nitrogens with zero attached hydrogens (tertiary/aromatic N) is 2. The highest BCUT2D eigenvalue weighted by Crippen LogP contribution is 2.39. The minimum Gasteiger partial charge on any atom is -0.478 e. The molecule has 0 aliphatic heterocycles. The minimum absolute atomic E-state index is 0.000529. The van der Waals surface area contributed by atoms with Crippen molar-refractivity contribution < 1.29 is 74.8 Å². The Hall–Kier alpha value is -7.14. The first-order chi connectivity index (χ1) is 37.1. The lowest BCUT2D eigenvalue weighted by Crippen LogP contribution is -2.18. The highest BCUT2D eigenvalue weighted by molar-refractivity contribution is 7.91. The molecule has 2 saturated carbocycles. The fourth-order valence-corrected chi connectivity index (χ4v) is 12.5. The predicted octanol–water partition coefficient (Wildman–Crippen LogP) is 10.6. The number of thiazole rings is 2. The van der Waals surface area contributed by atoms with Crippen LogP contribution in [-0.4, -0.2) is 99.2 Å². The summed E-state index contributed by atoms with van der Waals surface area (Å²) in [6, 6.07) is 20.8. The topological polar surface area (TPSA) is 274 Å². The second-order valence-electron chi connectivity index (χ2n) is 19.3. The zero-order chi connectivity index (χ0) is 56.3. The van der Waals surface area contributed by atoms with E-state index < -0.39 is 49.5 Å². The van der Waals surface area contributed by atoms with Crippen LogP contribution >= 0.6 is 22.7 Å². The number of ketones is 2. The lowest BCUT2D eigenvalue weighted by Gasteiger charge is -2.20. The molecule has 18 nitrogen and oxygen atoms in total. The molecule has 6 aromatic rings. The van der Waals surface area contributed by atoms with Crippen molar-refractivity contribution in [3.05, 3.63) is 141 Å². The van der Waals surface area contributed by atoms with E-state index >= 15 is 0 Å². The number of carboxylic acids is 2. The lowest BCUT2D eigenvalue weighted by atomic mass is 9.84. The van der Waals surface area contributed by atoms with Crippen molar-refractivity contribution in [3.8, 4) is 21.6 Å². The van der Waals surface area contributed by atoms with Crippen LogP contribution in [0.3, 0.4) is 0 Å². The van der Waals surface area contributed by atoms with Gasteiger partial charge in [-0.3, -0.25) is 9.59 Å². The Morgan fingerprint density at radius 3 is 1.19 bits per heavy atom. The molecule has 412 valence electrons. The molecule has 78 heavy (non-hydrogen) atoms. The van der Waals surface area contributed by atoms with Gasteiger partial charge in [0.1, 0.15) is 33.1 Å². The maximum atomic E-state index is 13.6. The summed E-state index contributed by atoms with van der Waals surface area (Å²) in [5, 5.41) is 20.3. The number of aromatic nitrogens is 2. The summed E-state index contributed by atoms with van der Waals surface area (Å²) in [6.45, 7) is 0. The minimum atomic E-state index is -3.35. The smallest absolute Gasteiger partial charge is 0.338 e. The highest BCUT2D eigenvalue weighted by atomic mass is 32.2. The molecule has 0 amide bonds. The standard InChI is InChI=1S/C29H31NO8S2.C27H27NO8S2/c1-36-28(32)20-13-21(29(33)37-2)15-22(14-20)38-27-17-30-26(39-27)16-25(31)24(12-18-6-4-5-7-18)19-8-10-23(11-9-19)40(3,34)35;1-38(34,35)21-8-6-17(7-9-21)22(10-16-4-2-3-5-16)23(29)14-24-28-15-25(37-24)36-20-12-18(26(30)31)11-19(13-20)27(32)33/h8-11,13-15,17-18,24H,4-7,12,16H2,1-3H3;6-9,11-13,15-16,22H,2-5,10,14H2,1H3,(H,30,31)(H,32,33)/t24-;22-/m11/s1. The molecule has 2 N–H and O–H groups in total. The van der Waals surface area contributed by atoms with Crippen molar-refractivity contribution >= 4 is 77.8 Å². The van der Waals surface area contributed by atoms with E-state index in [1.54, 1.807) is 36.4 Å². The number of Topliss-reactive ketones (excluding diaryl/α,β-unsaturated/α-hetero) is 2. The molecule has 2 aromatic heterocycles. The second kappa shape index (κ2) is 26.0. The number of carboxylic acid groups (broad SMARTS) is 2. The number of carbonyl (C=O) groups excluding carboxylic acids is 4. The summed E-state index contributed by atoms with van der Waals surface area (Å²) >= 11 is 2.31. The Morgan fingerprint density at radius 1 is 0.538 bits per heavy atom. The molecule has 4 aromatic carbocycles. The maximum absolute atomic E-state index is 13.6. The number of ether oxygens (including phenoxy) is 4. The van der Waals surface area contributed by atoms with Crippen LogP contribution < -0.4 is 9.47 Å². The van der Waals surface area contributed by atoms with E-state index in [1.807, 2.05) is 0 Å². The Labute approximate surface area is 459 Å². The first-order valence-electron chi connectivity index (χ1n) is 24.9. The Balaban J connectivity index is 0.000000226. The zero-order valence-corrected chi connectivity index (χ0v) is 46.4. The normalized spacial score (nSPS) is 14.6. The fraction of sp³-hybridized carbons (Fsp3) is 0.357. The zero-order valence-electron chi connectivity index (χ0n) is 43.2. The van der Waals surface area contributed by atoms with Gasteiger partial charge in [0, 0.05) is 24.3 Å². The van der Waals surface area contributed by atoms with Crippen molar-refractivity contribution in [2.24, 2.45) is 11.8 Å². The van der Waals surface area contributed by atoms with Gasteiger partial charge in [0.25, 0.3) is 0 Å². The van der Waals surface area contributed by atoms with E-state index in [2.05, 4.69) is 9.97 Å². The van der Waals surface area contributed by atoms with Crippen LogP contribution in [-0.2, 0) is 51.6 Å². The SMILES string of the molecule is COC(=O)c1cc(Oc2cnc(CC(=O)[C@H](CC3CCCC3)c3ccc(S(C)(=O)=O)cc3)s2)cc(C(=O)OC)c1.CS(=O)(=O)c1ccc([C@@H](CC2CCCC2)C(=O)Cc2ncc(Oc3cc(C(=O)O)cc(C(=O)O)c3)s2)cc1. The van der Waals surface area contributed by atoms with E-state index in [0.717, 1.165) is 92.4 Å². The summed E-state index contributed by atoms with van der Waals surface area (Å²) in [5.74, 6) is -3.51. The molecule has 2 heterocycles. The van der Waals surface area contributed by atoms with Crippen molar-refractivity contribution in [1.82, 2.24) is 9.97 Å². The number of carbonyl (C=O) groups is 6. The van der Waals surface area contributed by atoms with Gasteiger partial charge in [-0.2, -0.15) is 0 Å². The molecule has 2 aliphatic rings. The fourth-order valence-electron chi connectivity index (χ4n) is 9.62. The molecule has 0 bridgehead atoms. The van der Waals surface area contributed by atoms with E-state index in [1.165, 1.54) is 80.4 Å². The Kier molecular flexibility index (Phi) is 19.5. The number of esters is 2. The second-order valence-corrected chi connectivity index (χ2v) is 25.5. The number of rotatable bonds is 22. The molecule has 8 rings (SSSR count). The molecular weight excluding hydrogens is 1080 g/mol. The molecule has 0 saturated heterocycles. The van der Waals surface area contributed by atoms with E-state index in [9.17, 15) is 55.8 Å². The summed E-state index contributed by atoms with van der Waals surface area (Å²) in [5.41, 5.74) is 1.36. The third-order valence-corrected chi connectivity index (χ3v) is 17.6. The average Bonchev–Trinajstić information content (AvgIpc) is 4.28. The first kappa shape index (κ1) is 58.5. The molecule has 22 heteroatoms. The Bertz CT molecular complexity index is 3330. The van der Waals surface area contributed by atoms with Gasteiger partial charge in [-0.05, 0) is 96.5 Å². The van der Waals surface area contributed by atoms with Crippen LogP contribution in [0.4, 0.5) is 0 Å². The van der Waals surface area contributed by atoms with Gasteiger partial charge in [0.15, 0.2) is 19.7 Å².